The van der Waals surface area contributed by atoms with Crippen molar-refractivity contribution in [3.8, 4) is 0 Å². The maximum atomic E-state index is 13.9. The van der Waals surface area contributed by atoms with Crippen molar-refractivity contribution in [3.63, 3.8) is 0 Å². The number of aliphatic imine (C=N–C) groups is 1. The van der Waals surface area contributed by atoms with Crippen LogP contribution in [0, 0.1) is 0 Å². The second-order valence-corrected chi connectivity index (χ2v) is 12.7. The number of nitrogens with one attached hydrogen (secondary N) is 1. The molecule has 0 bridgehead atoms. The molecule has 2 N–H and O–H groups in total. The Morgan fingerprint density at radius 1 is 0.549 bits per heavy atom. The summed E-state index contributed by atoms with van der Waals surface area (Å²) >= 11 is 0. The van der Waals surface area contributed by atoms with Crippen LogP contribution >= 0.6 is 0 Å². The summed E-state index contributed by atoms with van der Waals surface area (Å²) in [5, 5.41) is 14.2. The Bertz CT molecular complexity index is 1950. The van der Waals surface area contributed by atoms with Crippen molar-refractivity contribution >= 4 is 23.3 Å². The molecule has 6 aromatic carbocycles. The molecule has 6 aromatic rings. The van der Waals surface area contributed by atoms with E-state index in [1.54, 1.807) is 0 Å². The highest BCUT2D eigenvalue weighted by atomic mass is 16.4. The Balaban J connectivity index is 1.38. The summed E-state index contributed by atoms with van der Waals surface area (Å²) in [4.78, 5) is 34.8. The first kappa shape index (κ1) is 34.7. The maximum Gasteiger partial charge on any atom is 0.332 e. The normalized spacial score (nSPS) is 11.7. The zero-order valence-corrected chi connectivity index (χ0v) is 28.4. The first-order chi connectivity index (χ1) is 25.0. The largest absolute Gasteiger partial charge is 0.479 e. The molecule has 0 saturated carbocycles. The van der Waals surface area contributed by atoms with E-state index in [0.29, 0.717) is 30.1 Å². The fraction of sp³-hybridized carbons (Fsp3) is 0.133. The quantitative estimate of drug-likeness (QED) is 0.107. The molecule has 6 heteroatoms. The fourth-order valence-corrected chi connectivity index (χ4v) is 6.34. The summed E-state index contributed by atoms with van der Waals surface area (Å²) in [6.45, 7) is 1.35. The number of carbonyl (C=O) groups is 2. The lowest BCUT2D eigenvalue weighted by Gasteiger charge is -2.28. The standard InChI is InChI=1S/C45H41N3O3/c49-42(34-48(32-37-22-10-3-11-23-37)33-38-24-12-4-13-25-38)46-41-29-17-16-28-40(41)43(39-26-14-5-15-27-39)47-45(44(50)51,30-35-18-6-1-7-19-35)31-36-20-8-2-9-21-36/h1-29H,30-34H2,(H,46,49)(H,50,51). The minimum atomic E-state index is -1.55. The number of benzene rings is 6. The Hall–Kier alpha value is -6.11. The van der Waals surface area contributed by atoms with Crippen LogP contribution in [0.25, 0.3) is 0 Å². The third kappa shape index (κ3) is 9.53. The molecule has 6 rings (SSSR count). The number of para-hydroxylation sites is 1. The fourth-order valence-electron chi connectivity index (χ4n) is 6.34. The van der Waals surface area contributed by atoms with Crippen LogP contribution in [0.4, 0.5) is 5.69 Å². The number of anilines is 1. The predicted octanol–water partition coefficient (Wildman–Crippen LogP) is 8.47. The number of rotatable bonds is 15. The number of amides is 1. The lowest BCUT2D eigenvalue weighted by molar-refractivity contribution is -0.143. The third-order valence-corrected chi connectivity index (χ3v) is 8.77. The van der Waals surface area contributed by atoms with Gasteiger partial charge in [0.25, 0.3) is 0 Å². The van der Waals surface area contributed by atoms with Crippen molar-refractivity contribution in [2.45, 2.75) is 31.5 Å². The van der Waals surface area contributed by atoms with E-state index in [1.165, 1.54) is 0 Å². The molecule has 0 unspecified atom stereocenters. The molecule has 0 aliphatic rings. The van der Waals surface area contributed by atoms with Crippen molar-refractivity contribution in [1.29, 1.82) is 0 Å². The van der Waals surface area contributed by atoms with Gasteiger partial charge in [0.1, 0.15) is 0 Å². The molecule has 0 fully saturated rings. The molecule has 1 amide bonds. The second kappa shape index (κ2) is 17.0. The average molecular weight is 672 g/mol. The minimum absolute atomic E-state index is 0.150. The smallest absolute Gasteiger partial charge is 0.332 e. The van der Waals surface area contributed by atoms with Crippen molar-refractivity contribution in [2.75, 3.05) is 11.9 Å². The van der Waals surface area contributed by atoms with Gasteiger partial charge in [0, 0.05) is 37.1 Å². The van der Waals surface area contributed by atoms with Crippen molar-refractivity contribution in [2.24, 2.45) is 4.99 Å². The topological polar surface area (TPSA) is 82.0 Å². The number of aliphatic carboxylic acids is 1. The van der Waals surface area contributed by atoms with Crippen LogP contribution in [0.1, 0.15) is 33.4 Å². The van der Waals surface area contributed by atoms with E-state index in [-0.39, 0.29) is 25.3 Å². The summed E-state index contributed by atoms with van der Waals surface area (Å²) in [6, 6.07) is 56.6. The molecule has 0 saturated heterocycles. The van der Waals surface area contributed by atoms with Gasteiger partial charge >= 0.3 is 5.97 Å². The molecule has 0 aliphatic heterocycles. The van der Waals surface area contributed by atoms with Gasteiger partial charge in [-0.15, -0.1) is 0 Å². The summed E-state index contributed by atoms with van der Waals surface area (Å²) in [5.41, 5.74) is 4.85. The van der Waals surface area contributed by atoms with Gasteiger partial charge in [-0.3, -0.25) is 14.7 Å². The Labute approximate surface area is 299 Å². The Morgan fingerprint density at radius 3 is 1.43 bits per heavy atom. The average Bonchev–Trinajstić information content (AvgIpc) is 3.16. The molecule has 254 valence electrons. The van der Waals surface area contributed by atoms with Crippen LogP contribution in [0.15, 0.2) is 181 Å². The van der Waals surface area contributed by atoms with Gasteiger partial charge in [0.05, 0.1) is 17.9 Å². The van der Waals surface area contributed by atoms with E-state index < -0.39 is 11.5 Å². The molecule has 51 heavy (non-hydrogen) atoms. The van der Waals surface area contributed by atoms with Gasteiger partial charge in [-0.2, -0.15) is 0 Å². The second-order valence-electron chi connectivity index (χ2n) is 12.7. The molecule has 0 aliphatic carbocycles. The predicted molar refractivity (Wildman–Crippen MR) is 205 cm³/mol. The van der Waals surface area contributed by atoms with E-state index in [4.69, 9.17) is 4.99 Å². The summed E-state index contributed by atoms with van der Waals surface area (Å²) < 4.78 is 0. The van der Waals surface area contributed by atoms with Gasteiger partial charge in [-0.25, -0.2) is 4.79 Å². The van der Waals surface area contributed by atoms with Gasteiger partial charge in [0.2, 0.25) is 5.91 Å². The Morgan fingerprint density at radius 2 is 0.961 bits per heavy atom. The van der Waals surface area contributed by atoms with Gasteiger partial charge in [-0.1, -0.05) is 170 Å². The van der Waals surface area contributed by atoms with Crippen LogP contribution in [0.3, 0.4) is 0 Å². The van der Waals surface area contributed by atoms with E-state index in [9.17, 15) is 14.7 Å². The van der Waals surface area contributed by atoms with Crippen molar-refractivity contribution in [3.05, 3.63) is 209 Å². The first-order valence-electron chi connectivity index (χ1n) is 17.1. The van der Waals surface area contributed by atoms with Crippen LogP contribution in [0.2, 0.25) is 0 Å². The van der Waals surface area contributed by atoms with E-state index in [1.807, 2.05) is 152 Å². The number of nitrogens with zero attached hydrogens (tertiary/aromatic N) is 2. The highest BCUT2D eigenvalue weighted by Gasteiger charge is 2.40. The van der Waals surface area contributed by atoms with Gasteiger partial charge in [-0.05, 0) is 28.3 Å². The van der Waals surface area contributed by atoms with Crippen LogP contribution in [-0.4, -0.2) is 39.7 Å². The van der Waals surface area contributed by atoms with E-state index in [2.05, 4.69) is 34.5 Å². The number of carboxylic acid groups (broad SMARTS) is 1. The molecular formula is C45H41N3O3. The monoisotopic (exact) mass is 671 g/mol. The lowest BCUT2D eigenvalue weighted by Crippen LogP contribution is -2.42. The molecule has 0 aromatic heterocycles. The molecule has 6 nitrogen and oxygen atoms in total. The zero-order chi connectivity index (χ0) is 35.3. The number of carboxylic acids is 1. The highest BCUT2D eigenvalue weighted by Crippen LogP contribution is 2.29. The Kier molecular flexibility index (Phi) is 11.6. The van der Waals surface area contributed by atoms with E-state index in [0.717, 1.165) is 27.8 Å². The SMILES string of the molecule is O=C(CN(Cc1ccccc1)Cc1ccccc1)Nc1ccccc1C(=NC(Cc1ccccc1)(Cc1ccccc1)C(=O)O)c1ccccc1. The maximum absolute atomic E-state index is 13.9. The van der Waals surface area contributed by atoms with Gasteiger partial charge < -0.3 is 10.4 Å². The first-order valence-corrected chi connectivity index (χ1v) is 17.1. The zero-order valence-electron chi connectivity index (χ0n) is 28.4. The van der Waals surface area contributed by atoms with Crippen molar-refractivity contribution < 1.29 is 14.7 Å². The van der Waals surface area contributed by atoms with Crippen LogP contribution in [-0.2, 0) is 35.5 Å². The summed E-state index contributed by atoms with van der Waals surface area (Å²) in [6.07, 6.45) is 0.355. The van der Waals surface area contributed by atoms with Gasteiger partial charge in [0.15, 0.2) is 5.54 Å². The summed E-state index contributed by atoms with van der Waals surface area (Å²) in [5.74, 6) is -1.21. The molecule has 0 spiro atoms. The molecular weight excluding hydrogens is 631 g/mol. The molecule has 0 radical (unpaired) electrons. The molecule has 0 heterocycles. The van der Waals surface area contributed by atoms with Crippen molar-refractivity contribution in [1.82, 2.24) is 4.90 Å². The van der Waals surface area contributed by atoms with E-state index >= 15 is 0 Å². The van der Waals surface area contributed by atoms with Crippen LogP contribution < -0.4 is 5.32 Å². The highest BCUT2D eigenvalue weighted by molar-refractivity contribution is 6.18. The summed E-state index contributed by atoms with van der Waals surface area (Å²) in [7, 11) is 0. The third-order valence-electron chi connectivity index (χ3n) is 8.77. The lowest BCUT2D eigenvalue weighted by atomic mass is 9.84. The number of hydrogen-bond acceptors (Lipinski definition) is 4. The number of carbonyl (C=O) groups excluding carboxylic acids is 1. The molecule has 0 atom stereocenters. The number of hydrogen-bond donors (Lipinski definition) is 2. The minimum Gasteiger partial charge on any atom is -0.479 e. The van der Waals surface area contributed by atoms with Crippen LogP contribution in [0.5, 0.6) is 0 Å².